The van der Waals surface area contributed by atoms with Gasteiger partial charge < -0.3 is 18.8 Å². The number of ketones is 1. The van der Waals surface area contributed by atoms with Crippen molar-refractivity contribution in [3.63, 3.8) is 0 Å². The Labute approximate surface area is 124 Å². The lowest BCUT2D eigenvalue weighted by Gasteiger charge is -2.15. The molecule has 0 N–H and O–H groups in total. The van der Waals surface area contributed by atoms with Crippen LogP contribution >= 0.6 is 0 Å². The van der Waals surface area contributed by atoms with Crippen molar-refractivity contribution >= 4 is 5.78 Å². The fraction of sp³-hybridized carbons (Fsp3) is 0.312. The van der Waals surface area contributed by atoms with Crippen LogP contribution in [-0.2, 0) is 7.05 Å². The highest BCUT2D eigenvalue weighted by molar-refractivity contribution is 5.95. The summed E-state index contributed by atoms with van der Waals surface area (Å²) in [6.45, 7) is 1.86. The molecular formula is C16H19NO4. The minimum absolute atomic E-state index is 0.0758. The smallest absolute Gasteiger partial charge is 0.216 e. The number of ether oxygens (including phenoxy) is 3. The third kappa shape index (κ3) is 3.18. The third-order valence-electron chi connectivity index (χ3n) is 3.18. The Morgan fingerprint density at radius 3 is 2.29 bits per heavy atom. The number of aromatic nitrogens is 1. The van der Waals surface area contributed by atoms with Gasteiger partial charge in [-0.1, -0.05) is 0 Å². The summed E-state index contributed by atoms with van der Waals surface area (Å²) in [5.41, 5.74) is 1.59. The zero-order valence-electron chi connectivity index (χ0n) is 12.7. The molecule has 0 unspecified atom stereocenters. The van der Waals surface area contributed by atoms with Crippen LogP contribution in [0.15, 0.2) is 30.5 Å². The number of carbonyl (C=O) groups excluding carboxylic acids is 1. The van der Waals surface area contributed by atoms with E-state index in [1.54, 1.807) is 24.9 Å². The van der Waals surface area contributed by atoms with Gasteiger partial charge in [0, 0.05) is 13.2 Å². The molecule has 0 aliphatic rings. The summed E-state index contributed by atoms with van der Waals surface area (Å²) in [5, 5.41) is 0. The molecule has 0 saturated heterocycles. The Bertz CT molecular complexity index is 620. The van der Waals surface area contributed by atoms with Crippen molar-refractivity contribution in [1.29, 1.82) is 0 Å². The van der Waals surface area contributed by atoms with Crippen LogP contribution < -0.4 is 14.2 Å². The monoisotopic (exact) mass is 289 g/mol. The van der Waals surface area contributed by atoms with E-state index in [1.807, 2.05) is 38.4 Å². The van der Waals surface area contributed by atoms with E-state index < -0.39 is 0 Å². The molecule has 1 aromatic carbocycles. The van der Waals surface area contributed by atoms with Crippen molar-refractivity contribution in [2.24, 2.45) is 7.05 Å². The second kappa shape index (κ2) is 6.35. The number of carbonyl (C=O) groups is 1. The first-order valence-corrected chi connectivity index (χ1v) is 6.56. The molecule has 0 bridgehead atoms. The number of benzene rings is 1. The molecule has 112 valence electrons. The first-order valence-electron chi connectivity index (χ1n) is 6.56. The quantitative estimate of drug-likeness (QED) is 0.767. The predicted octanol–water partition coefficient (Wildman–Crippen LogP) is 2.61. The number of Topliss-reactive ketones (excluding diaryl/α,β-unsaturated/α-hetero) is 1. The zero-order chi connectivity index (χ0) is 15.4. The summed E-state index contributed by atoms with van der Waals surface area (Å²) < 4.78 is 18.0. The van der Waals surface area contributed by atoms with Crippen LogP contribution in [-0.4, -0.2) is 31.2 Å². The van der Waals surface area contributed by atoms with E-state index >= 15 is 0 Å². The van der Waals surface area contributed by atoms with E-state index in [1.165, 1.54) is 0 Å². The van der Waals surface area contributed by atoms with Gasteiger partial charge in [0.15, 0.2) is 18.1 Å². The summed E-state index contributed by atoms with van der Waals surface area (Å²) in [6, 6.07) is 7.26. The molecule has 0 atom stereocenters. The largest absolute Gasteiger partial charge is 0.493 e. The van der Waals surface area contributed by atoms with Crippen molar-refractivity contribution in [2.45, 2.75) is 6.92 Å². The van der Waals surface area contributed by atoms with E-state index in [0.717, 1.165) is 5.56 Å². The second-order valence-electron chi connectivity index (χ2n) is 4.71. The molecule has 2 rings (SSSR count). The molecule has 0 saturated carbocycles. The molecule has 5 nitrogen and oxygen atoms in total. The van der Waals surface area contributed by atoms with E-state index in [-0.39, 0.29) is 12.4 Å². The summed E-state index contributed by atoms with van der Waals surface area (Å²) in [6.07, 6.45) is 1.82. The highest BCUT2D eigenvalue weighted by atomic mass is 16.5. The minimum atomic E-state index is -0.104. The van der Waals surface area contributed by atoms with Crippen molar-refractivity contribution < 1.29 is 19.0 Å². The van der Waals surface area contributed by atoms with E-state index in [0.29, 0.717) is 22.9 Å². The molecule has 5 heteroatoms. The van der Waals surface area contributed by atoms with Crippen molar-refractivity contribution in [3.05, 3.63) is 41.7 Å². The molecule has 21 heavy (non-hydrogen) atoms. The molecule has 0 spiro atoms. The Morgan fingerprint density at radius 2 is 1.81 bits per heavy atom. The van der Waals surface area contributed by atoms with Gasteiger partial charge in [-0.2, -0.15) is 0 Å². The Kier molecular flexibility index (Phi) is 4.52. The average molecular weight is 289 g/mol. The maximum Gasteiger partial charge on any atom is 0.216 e. The molecule has 0 aliphatic heterocycles. The highest BCUT2D eigenvalue weighted by Gasteiger charge is 2.16. The highest BCUT2D eigenvalue weighted by Crippen LogP contribution is 2.38. The van der Waals surface area contributed by atoms with E-state index in [4.69, 9.17) is 14.2 Å². The Balaban J connectivity index is 2.20. The molecule has 0 aliphatic carbocycles. The number of methoxy groups -OCH3 is 2. The minimum Gasteiger partial charge on any atom is -0.493 e. The fourth-order valence-electron chi connectivity index (χ4n) is 2.12. The standard InChI is InChI=1S/C16H19NO4/c1-11-8-14(19-3)16(15(9-11)20-4)21-10-13(18)12-6-5-7-17(12)2/h5-9H,10H2,1-4H3. The maximum absolute atomic E-state index is 12.1. The average Bonchev–Trinajstić information content (AvgIpc) is 2.90. The number of hydrogen-bond donors (Lipinski definition) is 0. The van der Waals surface area contributed by atoms with Crippen LogP contribution in [0.3, 0.4) is 0 Å². The lowest BCUT2D eigenvalue weighted by Crippen LogP contribution is -2.15. The van der Waals surface area contributed by atoms with Gasteiger partial charge in [0.2, 0.25) is 11.5 Å². The fourth-order valence-corrected chi connectivity index (χ4v) is 2.12. The van der Waals surface area contributed by atoms with Crippen LogP contribution in [0.25, 0.3) is 0 Å². The van der Waals surface area contributed by atoms with Gasteiger partial charge in [0.25, 0.3) is 0 Å². The van der Waals surface area contributed by atoms with Crippen molar-refractivity contribution in [3.8, 4) is 17.2 Å². The normalized spacial score (nSPS) is 10.3. The van der Waals surface area contributed by atoms with Crippen LogP contribution in [0.5, 0.6) is 17.2 Å². The molecular weight excluding hydrogens is 270 g/mol. The topological polar surface area (TPSA) is 49.7 Å². The zero-order valence-corrected chi connectivity index (χ0v) is 12.7. The van der Waals surface area contributed by atoms with Gasteiger partial charge in [0.05, 0.1) is 19.9 Å². The van der Waals surface area contributed by atoms with E-state index in [9.17, 15) is 4.79 Å². The van der Waals surface area contributed by atoms with Gasteiger partial charge in [-0.15, -0.1) is 0 Å². The molecule has 2 aromatic rings. The lowest BCUT2D eigenvalue weighted by atomic mass is 10.2. The summed E-state index contributed by atoms with van der Waals surface area (Å²) in [5.74, 6) is 1.43. The molecule has 1 heterocycles. The Morgan fingerprint density at radius 1 is 1.19 bits per heavy atom. The number of aryl methyl sites for hydroxylation is 2. The first kappa shape index (κ1) is 15.0. The summed E-state index contributed by atoms with van der Waals surface area (Å²) in [7, 11) is 4.93. The number of nitrogens with zero attached hydrogens (tertiary/aromatic N) is 1. The molecule has 0 radical (unpaired) electrons. The van der Waals surface area contributed by atoms with Gasteiger partial charge in [-0.05, 0) is 36.8 Å². The van der Waals surface area contributed by atoms with Crippen LogP contribution in [0.1, 0.15) is 16.1 Å². The number of hydrogen-bond acceptors (Lipinski definition) is 4. The van der Waals surface area contributed by atoms with E-state index in [2.05, 4.69) is 0 Å². The van der Waals surface area contributed by atoms with Crippen molar-refractivity contribution in [1.82, 2.24) is 4.57 Å². The predicted molar refractivity (Wildman–Crippen MR) is 79.5 cm³/mol. The first-order chi connectivity index (χ1) is 10.1. The third-order valence-corrected chi connectivity index (χ3v) is 3.18. The van der Waals surface area contributed by atoms with Gasteiger partial charge in [-0.25, -0.2) is 0 Å². The molecule has 1 aromatic heterocycles. The summed E-state index contributed by atoms with van der Waals surface area (Å²) >= 11 is 0. The Hall–Kier alpha value is -2.43. The van der Waals surface area contributed by atoms with Crippen LogP contribution in [0.2, 0.25) is 0 Å². The van der Waals surface area contributed by atoms with Gasteiger partial charge in [0.1, 0.15) is 0 Å². The molecule has 0 amide bonds. The van der Waals surface area contributed by atoms with Gasteiger partial charge in [-0.3, -0.25) is 4.79 Å². The van der Waals surface area contributed by atoms with Gasteiger partial charge >= 0.3 is 0 Å². The number of rotatable bonds is 6. The maximum atomic E-state index is 12.1. The van der Waals surface area contributed by atoms with Crippen LogP contribution in [0.4, 0.5) is 0 Å². The second-order valence-corrected chi connectivity index (χ2v) is 4.71. The summed E-state index contributed by atoms with van der Waals surface area (Å²) in [4.78, 5) is 12.1. The SMILES string of the molecule is COc1cc(C)cc(OC)c1OCC(=O)c1cccn1C. The lowest BCUT2D eigenvalue weighted by molar-refractivity contribution is 0.0909. The van der Waals surface area contributed by atoms with Crippen molar-refractivity contribution in [2.75, 3.05) is 20.8 Å². The molecule has 0 fully saturated rings. The van der Waals surface area contributed by atoms with Crippen LogP contribution in [0, 0.1) is 6.92 Å².